The molecule has 1 aliphatic rings. The minimum atomic E-state index is -1.03. The number of ether oxygens (including phenoxy) is 2. The first-order chi connectivity index (χ1) is 10.8. The van der Waals surface area contributed by atoms with Gasteiger partial charge in [-0.15, -0.1) is 11.3 Å². The second-order valence-electron chi connectivity index (χ2n) is 4.78. The molecule has 2 rings (SSSR count). The zero-order chi connectivity index (χ0) is 17.3. The number of esters is 1. The summed E-state index contributed by atoms with van der Waals surface area (Å²) < 4.78 is 23.8. The molecule has 0 radical (unpaired) electrons. The number of amides is 2. The molecule has 0 saturated carbocycles. The zero-order valence-corrected chi connectivity index (χ0v) is 14.1. The molecule has 1 fully saturated rings. The van der Waals surface area contributed by atoms with Crippen molar-refractivity contribution >= 4 is 46.6 Å². The Morgan fingerprint density at radius 3 is 2.57 bits per heavy atom. The quantitative estimate of drug-likeness (QED) is 0.607. The van der Waals surface area contributed by atoms with Crippen molar-refractivity contribution in [3.05, 3.63) is 26.4 Å². The minimum absolute atomic E-state index is 0.163. The number of allylic oxidation sites excluding steroid dienone is 1. The van der Waals surface area contributed by atoms with E-state index < -0.39 is 28.8 Å². The third-order valence-electron chi connectivity index (χ3n) is 2.91. The number of anilines is 1. The predicted molar refractivity (Wildman–Crippen MR) is 82.0 cm³/mol. The van der Waals surface area contributed by atoms with E-state index in [0.29, 0.717) is 21.8 Å². The molecule has 1 aliphatic heterocycles. The molecule has 0 aromatic carbocycles. The Bertz CT molecular complexity index is 723. The number of carbonyl (C=O) groups is 3. The summed E-state index contributed by atoms with van der Waals surface area (Å²) in [5.41, 5.74) is 0.0755. The lowest BCUT2D eigenvalue weighted by Crippen LogP contribution is -2.29. The van der Waals surface area contributed by atoms with E-state index in [9.17, 15) is 18.8 Å². The Hall–Kier alpha value is -1.93. The van der Waals surface area contributed by atoms with Crippen LogP contribution in [0.4, 0.5) is 14.9 Å². The predicted octanol–water partition coefficient (Wildman–Crippen LogP) is 3.42. The van der Waals surface area contributed by atoms with Gasteiger partial charge in [0.2, 0.25) is 5.13 Å². The fourth-order valence-corrected chi connectivity index (χ4v) is 3.22. The molecular formula is C14H13ClFNO5S. The van der Waals surface area contributed by atoms with Crippen LogP contribution in [-0.2, 0) is 25.5 Å². The van der Waals surface area contributed by atoms with Crippen LogP contribution in [0.3, 0.4) is 0 Å². The fraction of sp³-hybridized carbons (Fsp3) is 0.357. The maximum atomic E-state index is 14.2. The molecule has 124 valence electrons. The molecular weight excluding hydrogens is 349 g/mol. The van der Waals surface area contributed by atoms with Crippen LogP contribution < -0.4 is 4.90 Å². The first-order valence-corrected chi connectivity index (χ1v) is 7.83. The van der Waals surface area contributed by atoms with E-state index in [1.807, 2.05) is 0 Å². The summed E-state index contributed by atoms with van der Waals surface area (Å²) in [6.07, 6.45) is -1.28. The van der Waals surface area contributed by atoms with Gasteiger partial charge in [0.1, 0.15) is 5.69 Å². The van der Waals surface area contributed by atoms with Crippen LogP contribution in [0.15, 0.2) is 11.3 Å². The molecule has 1 aromatic heterocycles. The largest absolute Gasteiger partial charge is 0.466 e. The average Bonchev–Trinajstić information content (AvgIpc) is 2.88. The molecule has 0 unspecified atom stereocenters. The summed E-state index contributed by atoms with van der Waals surface area (Å²) in [7, 11) is 0. The van der Waals surface area contributed by atoms with Gasteiger partial charge in [-0.25, -0.2) is 9.69 Å². The van der Waals surface area contributed by atoms with E-state index in [1.54, 1.807) is 20.8 Å². The van der Waals surface area contributed by atoms with Crippen LogP contribution >= 0.6 is 22.9 Å². The van der Waals surface area contributed by atoms with Crippen LogP contribution in [0.5, 0.6) is 0 Å². The van der Waals surface area contributed by atoms with Crippen LogP contribution in [0.25, 0.3) is 0 Å². The molecule has 0 bridgehead atoms. The molecule has 9 heteroatoms. The van der Waals surface area contributed by atoms with Gasteiger partial charge in [0.05, 0.1) is 18.1 Å². The second-order valence-corrected chi connectivity index (χ2v) is 6.21. The highest BCUT2D eigenvalue weighted by Crippen LogP contribution is 2.41. The van der Waals surface area contributed by atoms with E-state index in [1.165, 1.54) is 0 Å². The van der Waals surface area contributed by atoms with Gasteiger partial charge in [0.25, 0.3) is 0 Å². The lowest BCUT2D eigenvalue weighted by atomic mass is 10.2. The van der Waals surface area contributed by atoms with E-state index in [4.69, 9.17) is 21.1 Å². The van der Waals surface area contributed by atoms with Gasteiger partial charge in [0.15, 0.2) is 5.76 Å². The van der Waals surface area contributed by atoms with Gasteiger partial charge in [-0.05, 0) is 26.3 Å². The average molecular weight is 362 g/mol. The monoisotopic (exact) mass is 361 g/mol. The van der Waals surface area contributed by atoms with Crippen LogP contribution in [-0.4, -0.2) is 24.6 Å². The summed E-state index contributed by atoms with van der Waals surface area (Å²) >= 11 is 6.64. The number of cyclic esters (lactones) is 1. The summed E-state index contributed by atoms with van der Waals surface area (Å²) in [4.78, 5) is 36.3. The number of carbonyl (C=O) groups excluding carboxylic acids is 3. The second kappa shape index (κ2) is 6.67. The molecule has 2 amide bonds. The van der Waals surface area contributed by atoms with E-state index in [0.717, 1.165) is 0 Å². The number of hydrogen-bond acceptors (Lipinski definition) is 6. The van der Waals surface area contributed by atoms with E-state index >= 15 is 0 Å². The maximum Gasteiger partial charge on any atom is 0.427 e. The van der Waals surface area contributed by atoms with Crippen molar-refractivity contribution in [1.82, 2.24) is 0 Å². The van der Waals surface area contributed by atoms with Crippen LogP contribution in [0.2, 0.25) is 5.02 Å². The Labute approximate surface area is 140 Å². The van der Waals surface area contributed by atoms with Crippen molar-refractivity contribution in [3.63, 3.8) is 0 Å². The van der Waals surface area contributed by atoms with Crippen molar-refractivity contribution in [1.29, 1.82) is 0 Å². The molecule has 23 heavy (non-hydrogen) atoms. The maximum absolute atomic E-state index is 14.2. The highest BCUT2D eigenvalue weighted by atomic mass is 35.5. The first kappa shape index (κ1) is 17.4. The molecule has 0 N–H and O–H groups in total. The molecule has 6 nitrogen and oxygen atoms in total. The van der Waals surface area contributed by atoms with Gasteiger partial charge in [-0.3, -0.25) is 9.59 Å². The summed E-state index contributed by atoms with van der Waals surface area (Å²) in [6, 6.07) is 0. The molecule has 1 aromatic rings. The number of thiophene rings is 1. The van der Waals surface area contributed by atoms with Gasteiger partial charge in [-0.1, -0.05) is 11.6 Å². The zero-order valence-electron chi connectivity index (χ0n) is 12.6. The third kappa shape index (κ3) is 3.23. The molecule has 1 saturated heterocycles. The SMILES string of the molecule is CCOC(=O)Cc1sc(F)c(N2C(=O)OC(=C(C)C)C2=O)c1Cl. The Kier molecular flexibility index (Phi) is 5.06. The minimum Gasteiger partial charge on any atom is -0.466 e. The van der Waals surface area contributed by atoms with E-state index in [2.05, 4.69) is 0 Å². The number of imide groups is 1. The van der Waals surface area contributed by atoms with Crippen molar-refractivity contribution in [3.8, 4) is 0 Å². The summed E-state index contributed by atoms with van der Waals surface area (Å²) in [5.74, 6) is -1.54. The summed E-state index contributed by atoms with van der Waals surface area (Å²) in [5, 5.41) is -1.03. The molecule has 0 aliphatic carbocycles. The lowest BCUT2D eigenvalue weighted by Gasteiger charge is -2.09. The van der Waals surface area contributed by atoms with Crippen molar-refractivity contribution in [2.24, 2.45) is 0 Å². The standard InChI is InChI=1S/C14H13ClFNO5S/c1-4-21-8(18)5-7-9(15)10(12(16)23-7)17-13(19)11(6(2)3)22-14(17)20/h4-5H2,1-3H3. The van der Waals surface area contributed by atoms with Crippen molar-refractivity contribution in [2.45, 2.75) is 27.2 Å². The van der Waals surface area contributed by atoms with E-state index in [-0.39, 0.29) is 28.7 Å². The first-order valence-electron chi connectivity index (χ1n) is 6.63. The Morgan fingerprint density at radius 2 is 2.04 bits per heavy atom. The molecule has 0 spiro atoms. The lowest BCUT2D eigenvalue weighted by molar-refractivity contribution is -0.142. The van der Waals surface area contributed by atoms with Gasteiger partial charge >= 0.3 is 18.0 Å². The van der Waals surface area contributed by atoms with Crippen LogP contribution in [0.1, 0.15) is 25.6 Å². The van der Waals surface area contributed by atoms with Crippen molar-refractivity contribution < 1.29 is 28.2 Å². The highest BCUT2D eigenvalue weighted by Gasteiger charge is 2.42. The topological polar surface area (TPSA) is 72.9 Å². The normalized spacial score (nSPS) is 14.3. The summed E-state index contributed by atoms with van der Waals surface area (Å²) in [6.45, 7) is 4.99. The van der Waals surface area contributed by atoms with Crippen LogP contribution in [0, 0.1) is 5.13 Å². The number of rotatable bonds is 4. The Morgan fingerprint density at radius 1 is 1.39 bits per heavy atom. The number of halogens is 2. The van der Waals surface area contributed by atoms with Gasteiger partial charge in [0, 0.05) is 4.88 Å². The van der Waals surface area contributed by atoms with Crippen molar-refractivity contribution in [2.75, 3.05) is 11.5 Å². The van der Waals surface area contributed by atoms with Gasteiger partial charge in [-0.2, -0.15) is 4.39 Å². The fourth-order valence-electron chi connectivity index (χ4n) is 1.93. The third-order valence-corrected chi connectivity index (χ3v) is 4.40. The van der Waals surface area contributed by atoms with Gasteiger partial charge < -0.3 is 9.47 Å². The number of nitrogens with zero attached hydrogens (tertiary/aromatic N) is 1. The highest BCUT2D eigenvalue weighted by molar-refractivity contribution is 7.11. The smallest absolute Gasteiger partial charge is 0.427 e. The number of hydrogen-bond donors (Lipinski definition) is 0. The Balaban J connectivity index is 2.40. The molecule has 0 atom stereocenters. The molecule has 2 heterocycles.